The summed E-state index contributed by atoms with van der Waals surface area (Å²) in [6, 6.07) is 5.59. The molecule has 0 aromatic heterocycles. The van der Waals surface area contributed by atoms with Gasteiger partial charge >= 0.3 is 0 Å². The molecule has 1 atom stereocenters. The average molecular weight is 176 g/mol. The van der Waals surface area contributed by atoms with Gasteiger partial charge in [-0.05, 0) is 43.5 Å². The molecule has 0 fully saturated rings. The summed E-state index contributed by atoms with van der Waals surface area (Å²) in [6.45, 7) is 2.07. The van der Waals surface area contributed by atoms with Gasteiger partial charge in [-0.3, -0.25) is 4.79 Å². The van der Waals surface area contributed by atoms with Crippen LogP contribution < -0.4 is 4.74 Å². The minimum Gasteiger partial charge on any atom is -0.490 e. The summed E-state index contributed by atoms with van der Waals surface area (Å²) in [5.74, 6) is 0.935. The van der Waals surface area contributed by atoms with Crippen LogP contribution in [-0.4, -0.2) is 12.4 Å². The lowest BCUT2D eigenvalue weighted by Gasteiger charge is -2.23. The molecule has 0 radical (unpaired) electrons. The van der Waals surface area contributed by atoms with E-state index < -0.39 is 0 Å². The third kappa shape index (κ3) is 1.57. The number of hydrogen-bond donors (Lipinski definition) is 0. The van der Waals surface area contributed by atoms with E-state index in [1.165, 1.54) is 0 Å². The lowest BCUT2D eigenvalue weighted by atomic mass is 10.0. The van der Waals surface area contributed by atoms with Crippen molar-refractivity contribution in [1.82, 2.24) is 0 Å². The third-order valence-corrected chi connectivity index (χ3v) is 2.37. The van der Waals surface area contributed by atoms with Gasteiger partial charge in [-0.1, -0.05) is 0 Å². The van der Waals surface area contributed by atoms with E-state index in [2.05, 4.69) is 6.92 Å². The lowest BCUT2D eigenvalue weighted by molar-refractivity contribution is 0.112. The van der Waals surface area contributed by atoms with Gasteiger partial charge in [0.25, 0.3) is 0 Å². The Morgan fingerprint density at radius 2 is 2.38 bits per heavy atom. The second-order valence-electron chi connectivity index (χ2n) is 3.45. The quantitative estimate of drug-likeness (QED) is 0.613. The molecule has 0 spiro atoms. The molecule has 1 heterocycles. The highest BCUT2D eigenvalue weighted by Crippen LogP contribution is 2.27. The molecule has 13 heavy (non-hydrogen) atoms. The Hall–Kier alpha value is -1.31. The molecule has 2 nitrogen and oxygen atoms in total. The number of carbonyl (C=O) groups is 1. The molecule has 0 saturated carbocycles. The summed E-state index contributed by atoms with van der Waals surface area (Å²) in [5, 5.41) is 0. The van der Waals surface area contributed by atoms with Crippen molar-refractivity contribution in [2.45, 2.75) is 25.9 Å². The normalized spacial score (nSPS) is 20.2. The van der Waals surface area contributed by atoms with E-state index in [1.54, 1.807) is 6.07 Å². The SMILES string of the molecule is CC1CCc2cc(C=O)ccc2O1. The van der Waals surface area contributed by atoms with Gasteiger partial charge in [0.1, 0.15) is 12.0 Å². The Kier molecular flexibility index (Phi) is 2.05. The topological polar surface area (TPSA) is 26.3 Å². The van der Waals surface area contributed by atoms with Gasteiger partial charge in [-0.25, -0.2) is 0 Å². The van der Waals surface area contributed by atoms with Crippen molar-refractivity contribution in [1.29, 1.82) is 0 Å². The van der Waals surface area contributed by atoms with Crippen molar-refractivity contribution >= 4 is 6.29 Å². The zero-order valence-corrected chi connectivity index (χ0v) is 7.62. The standard InChI is InChI=1S/C11H12O2/c1-8-2-4-10-6-9(7-12)3-5-11(10)13-8/h3,5-8H,2,4H2,1H3. The first-order valence-electron chi connectivity index (χ1n) is 4.54. The maximum atomic E-state index is 10.5. The summed E-state index contributed by atoms with van der Waals surface area (Å²) >= 11 is 0. The summed E-state index contributed by atoms with van der Waals surface area (Å²) in [6.07, 6.45) is 3.22. The summed E-state index contributed by atoms with van der Waals surface area (Å²) in [5.41, 5.74) is 1.89. The van der Waals surface area contributed by atoms with E-state index in [-0.39, 0.29) is 0 Å². The Bertz CT molecular complexity index is 331. The predicted molar refractivity (Wildman–Crippen MR) is 50.2 cm³/mol. The second kappa shape index (κ2) is 3.21. The number of benzene rings is 1. The molecule has 0 bridgehead atoms. The zero-order chi connectivity index (χ0) is 9.26. The van der Waals surface area contributed by atoms with Crippen molar-refractivity contribution in [2.75, 3.05) is 0 Å². The minimum atomic E-state index is 0.301. The zero-order valence-electron chi connectivity index (χ0n) is 7.62. The molecule has 68 valence electrons. The van der Waals surface area contributed by atoms with Gasteiger partial charge in [0, 0.05) is 5.56 Å². The van der Waals surface area contributed by atoms with Crippen molar-refractivity contribution in [3.05, 3.63) is 29.3 Å². The van der Waals surface area contributed by atoms with Gasteiger partial charge in [-0.2, -0.15) is 0 Å². The van der Waals surface area contributed by atoms with Crippen molar-refractivity contribution < 1.29 is 9.53 Å². The molecule has 0 saturated heterocycles. The molecule has 1 aliphatic heterocycles. The van der Waals surface area contributed by atoms with Crippen LogP contribution >= 0.6 is 0 Å². The monoisotopic (exact) mass is 176 g/mol. The Morgan fingerprint density at radius 3 is 3.15 bits per heavy atom. The van der Waals surface area contributed by atoms with Gasteiger partial charge in [0.05, 0.1) is 6.10 Å². The summed E-state index contributed by atoms with van der Waals surface area (Å²) in [4.78, 5) is 10.5. The number of hydrogen-bond acceptors (Lipinski definition) is 2. The second-order valence-corrected chi connectivity index (χ2v) is 3.45. The Balaban J connectivity index is 2.36. The summed E-state index contributed by atoms with van der Waals surface area (Å²) < 4.78 is 5.62. The van der Waals surface area contributed by atoms with Crippen LogP contribution in [0.25, 0.3) is 0 Å². The Labute approximate surface area is 77.5 Å². The fourth-order valence-electron chi connectivity index (χ4n) is 1.62. The maximum absolute atomic E-state index is 10.5. The number of aldehydes is 1. The molecule has 2 rings (SSSR count). The minimum absolute atomic E-state index is 0.301. The van der Waals surface area contributed by atoms with Crippen LogP contribution in [-0.2, 0) is 6.42 Å². The highest BCUT2D eigenvalue weighted by atomic mass is 16.5. The van der Waals surface area contributed by atoms with Gasteiger partial charge in [0.2, 0.25) is 0 Å². The smallest absolute Gasteiger partial charge is 0.150 e. The molecular formula is C11H12O2. The van der Waals surface area contributed by atoms with Crippen LogP contribution in [0.4, 0.5) is 0 Å². The first-order valence-corrected chi connectivity index (χ1v) is 4.54. The maximum Gasteiger partial charge on any atom is 0.150 e. The number of carbonyl (C=O) groups excluding carboxylic acids is 1. The number of rotatable bonds is 1. The largest absolute Gasteiger partial charge is 0.490 e. The molecule has 0 N–H and O–H groups in total. The molecule has 1 aliphatic rings. The van der Waals surface area contributed by atoms with E-state index in [1.807, 2.05) is 12.1 Å². The first-order chi connectivity index (χ1) is 6.29. The van der Waals surface area contributed by atoms with E-state index in [9.17, 15) is 4.79 Å². The molecule has 1 aromatic carbocycles. The van der Waals surface area contributed by atoms with Gasteiger partial charge < -0.3 is 4.74 Å². The number of aryl methyl sites for hydroxylation is 1. The molecule has 2 heteroatoms. The predicted octanol–water partition coefficient (Wildman–Crippen LogP) is 2.21. The van der Waals surface area contributed by atoms with Crippen molar-refractivity contribution in [3.8, 4) is 5.75 Å². The van der Waals surface area contributed by atoms with E-state index in [4.69, 9.17) is 4.74 Å². The first kappa shape index (κ1) is 8.30. The van der Waals surface area contributed by atoms with Crippen LogP contribution in [0.5, 0.6) is 5.75 Å². The third-order valence-electron chi connectivity index (χ3n) is 2.37. The van der Waals surface area contributed by atoms with Crippen LogP contribution in [0.3, 0.4) is 0 Å². The van der Waals surface area contributed by atoms with Crippen LogP contribution in [0, 0.1) is 0 Å². The van der Waals surface area contributed by atoms with Crippen molar-refractivity contribution in [2.24, 2.45) is 0 Å². The van der Waals surface area contributed by atoms with E-state index in [0.717, 1.165) is 36.0 Å². The fraction of sp³-hybridized carbons (Fsp3) is 0.364. The average Bonchev–Trinajstić information content (AvgIpc) is 2.17. The van der Waals surface area contributed by atoms with Gasteiger partial charge in [-0.15, -0.1) is 0 Å². The fourth-order valence-corrected chi connectivity index (χ4v) is 1.62. The molecule has 1 unspecified atom stereocenters. The lowest BCUT2D eigenvalue weighted by Crippen LogP contribution is -2.18. The Morgan fingerprint density at radius 1 is 1.54 bits per heavy atom. The summed E-state index contributed by atoms with van der Waals surface area (Å²) in [7, 11) is 0. The van der Waals surface area contributed by atoms with Crippen LogP contribution in [0.2, 0.25) is 0 Å². The molecule has 0 aliphatic carbocycles. The molecular weight excluding hydrogens is 164 g/mol. The van der Waals surface area contributed by atoms with E-state index in [0.29, 0.717) is 6.10 Å². The highest BCUT2D eigenvalue weighted by Gasteiger charge is 2.15. The molecule has 0 amide bonds. The number of fused-ring (bicyclic) bond motifs is 1. The van der Waals surface area contributed by atoms with E-state index >= 15 is 0 Å². The molecule has 1 aromatic rings. The highest BCUT2D eigenvalue weighted by molar-refractivity contribution is 5.75. The van der Waals surface area contributed by atoms with Crippen molar-refractivity contribution in [3.63, 3.8) is 0 Å². The van der Waals surface area contributed by atoms with Gasteiger partial charge in [0.15, 0.2) is 0 Å². The number of ether oxygens (including phenoxy) is 1. The van der Waals surface area contributed by atoms with Crippen LogP contribution in [0.1, 0.15) is 29.3 Å². The van der Waals surface area contributed by atoms with Crippen LogP contribution in [0.15, 0.2) is 18.2 Å².